The van der Waals surface area contributed by atoms with Gasteiger partial charge in [-0.3, -0.25) is 4.79 Å². The van der Waals surface area contributed by atoms with Gasteiger partial charge in [-0.2, -0.15) is 4.98 Å². The molecule has 0 aliphatic carbocycles. The van der Waals surface area contributed by atoms with Crippen molar-refractivity contribution in [3.63, 3.8) is 0 Å². The number of aryl methyl sites for hydroxylation is 1. The molecule has 2 aromatic rings. The van der Waals surface area contributed by atoms with Crippen LogP contribution in [0.3, 0.4) is 0 Å². The molecule has 1 amide bonds. The Bertz CT molecular complexity index is 973. The van der Waals surface area contributed by atoms with Crippen LogP contribution in [0.15, 0.2) is 36.5 Å². The third-order valence-corrected chi connectivity index (χ3v) is 5.61. The smallest absolute Gasteiger partial charge is 0.229 e. The molecule has 0 radical (unpaired) electrons. The van der Waals surface area contributed by atoms with Gasteiger partial charge in [0.2, 0.25) is 11.9 Å². The maximum absolute atomic E-state index is 14.4. The summed E-state index contributed by atoms with van der Waals surface area (Å²) in [4.78, 5) is 24.5. The predicted octanol–water partition coefficient (Wildman–Crippen LogP) is 3.43. The number of anilines is 4. The highest BCUT2D eigenvalue weighted by molar-refractivity contribution is 5.75. The van der Waals surface area contributed by atoms with Crippen LogP contribution in [-0.4, -0.2) is 60.0 Å². The first kappa shape index (κ1) is 24.4. The molecule has 0 spiro atoms. The SMILES string of the molecule is CCC/C=C\C(CC(N)=O)Nc1nc(Nc2ccc(N3CCN(C)CC3)c(C)c2)ncc1F. The van der Waals surface area contributed by atoms with Gasteiger partial charge >= 0.3 is 0 Å². The first-order valence-corrected chi connectivity index (χ1v) is 11.4. The van der Waals surface area contributed by atoms with Crippen molar-refractivity contribution in [2.75, 3.05) is 48.8 Å². The van der Waals surface area contributed by atoms with Crippen LogP contribution in [0.1, 0.15) is 31.7 Å². The number of benzene rings is 1. The van der Waals surface area contributed by atoms with Gasteiger partial charge in [0.05, 0.1) is 18.7 Å². The number of rotatable bonds is 10. The standard InChI is InChI=1S/C24H34FN7O/c1-4-5-6-7-18(15-22(26)33)28-23-20(25)16-27-24(30-23)29-19-8-9-21(17(2)14-19)32-12-10-31(3)11-13-32/h6-9,14,16,18H,4-5,10-13,15H2,1-3H3,(H2,26,33)(H2,27,28,29,30)/b7-6-. The van der Waals surface area contributed by atoms with E-state index in [1.54, 1.807) is 0 Å². The molecule has 178 valence electrons. The van der Waals surface area contributed by atoms with Crippen LogP contribution in [-0.2, 0) is 4.79 Å². The third-order valence-electron chi connectivity index (χ3n) is 5.61. The van der Waals surface area contributed by atoms with Crippen LogP contribution >= 0.6 is 0 Å². The summed E-state index contributed by atoms with van der Waals surface area (Å²) in [5.41, 5.74) is 8.53. The summed E-state index contributed by atoms with van der Waals surface area (Å²) in [6.45, 7) is 8.22. The molecule has 3 rings (SSSR count). The maximum atomic E-state index is 14.4. The van der Waals surface area contributed by atoms with Gasteiger partial charge < -0.3 is 26.2 Å². The molecule has 1 atom stereocenters. The van der Waals surface area contributed by atoms with Crippen LogP contribution in [0.2, 0.25) is 0 Å². The predicted molar refractivity (Wildman–Crippen MR) is 131 cm³/mol. The molecule has 0 saturated carbocycles. The number of nitrogens with two attached hydrogens (primary N) is 1. The zero-order valence-corrected chi connectivity index (χ0v) is 19.6. The molecular formula is C24H34FN7O. The lowest BCUT2D eigenvalue weighted by Gasteiger charge is -2.35. The second-order valence-corrected chi connectivity index (χ2v) is 8.44. The Balaban J connectivity index is 1.72. The number of aromatic nitrogens is 2. The Morgan fingerprint density at radius 2 is 2.06 bits per heavy atom. The van der Waals surface area contributed by atoms with Crippen LogP contribution in [0, 0.1) is 12.7 Å². The third kappa shape index (κ3) is 7.15. The summed E-state index contributed by atoms with van der Waals surface area (Å²) in [5, 5.41) is 6.12. The van der Waals surface area contributed by atoms with Crippen molar-refractivity contribution in [3.05, 3.63) is 47.9 Å². The van der Waals surface area contributed by atoms with Gasteiger partial charge in [-0.05, 0) is 44.2 Å². The summed E-state index contributed by atoms with van der Waals surface area (Å²) in [5.74, 6) is -0.787. The summed E-state index contributed by atoms with van der Waals surface area (Å²) in [6.07, 6.45) is 6.76. The number of unbranched alkanes of at least 4 members (excludes halogenated alkanes) is 1. The number of nitrogens with zero attached hydrogens (tertiary/aromatic N) is 4. The second-order valence-electron chi connectivity index (χ2n) is 8.44. The first-order valence-electron chi connectivity index (χ1n) is 11.4. The van der Waals surface area contributed by atoms with E-state index in [0.29, 0.717) is 0 Å². The summed E-state index contributed by atoms with van der Waals surface area (Å²) in [7, 11) is 2.14. The Hall–Kier alpha value is -3.20. The minimum atomic E-state index is -0.597. The van der Waals surface area contributed by atoms with Crippen molar-refractivity contribution in [3.8, 4) is 0 Å². The highest BCUT2D eigenvalue weighted by Crippen LogP contribution is 2.26. The van der Waals surface area contributed by atoms with Crippen molar-refractivity contribution in [1.29, 1.82) is 0 Å². The fourth-order valence-corrected chi connectivity index (χ4v) is 3.78. The quantitative estimate of drug-likeness (QED) is 0.472. The maximum Gasteiger partial charge on any atom is 0.229 e. The number of carbonyl (C=O) groups is 1. The van der Waals surface area contributed by atoms with E-state index in [1.807, 2.05) is 24.3 Å². The van der Waals surface area contributed by atoms with Gasteiger partial charge in [0.15, 0.2) is 11.6 Å². The van der Waals surface area contributed by atoms with Crippen molar-refractivity contribution >= 4 is 29.0 Å². The Labute approximate surface area is 195 Å². The molecule has 1 fully saturated rings. The fourth-order valence-electron chi connectivity index (χ4n) is 3.78. The summed E-state index contributed by atoms with van der Waals surface area (Å²) in [6, 6.07) is 5.66. The van der Waals surface area contributed by atoms with Crippen molar-refractivity contribution < 1.29 is 9.18 Å². The molecule has 1 aromatic carbocycles. The molecule has 4 N–H and O–H groups in total. The molecule has 1 unspecified atom stereocenters. The zero-order chi connectivity index (χ0) is 23.8. The van der Waals surface area contributed by atoms with Crippen molar-refractivity contribution in [2.45, 2.75) is 39.2 Å². The van der Waals surface area contributed by atoms with Gasteiger partial charge in [0, 0.05) is 37.6 Å². The van der Waals surface area contributed by atoms with Crippen LogP contribution < -0.4 is 21.3 Å². The van der Waals surface area contributed by atoms with Gasteiger partial charge in [0.1, 0.15) is 0 Å². The molecule has 0 bridgehead atoms. The number of allylic oxidation sites excluding steroid dienone is 1. The number of halogens is 1. The van der Waals surface area contributed by atoms with E-state index in [0.717, 1.165) is 56.5 Å². The molecule has 1 aromatic heterocycles. The largest absolute Gasteiger partial charge is 0.370 e. The van der Waals surface area contributed by atoms with E-state index in [1.165, 1.54) is 5.69 Å². The number of piperazine rings is 1. The minimum Gasteiger partial charge on any atom is -0.370 e. The number of likely N-dealkylation sites (N-methyl/N-ethyl adjacent to an activating group) is 1. The van der Waals surface area contributed by atoms with Gasteiger partial charge in [-0.1, -0.05) is 25.5 Å². The highest BCUT2D eigenvalue weighted by Gasteiger charge is 2.17. The Morgan fingerprint density at radius 3 is 2.73 bits per heavy atom. The van der Waals surface area contributed by atoms with E-state index >= 15 is 0 Å². The van der Waals surface area contributed by atoms with E-state index in [2.05, 4.69) is 57.4 Å². The van der Waals surface area contributed by atoms with Crippen molar-refractivity contribution in [2.24, 2.45) is 5.73 Å². The second kappa shape index (κ2) is 11.6. The monoisotopic (exact) mass is 455 g/mol. The molecule has 1 aliphatic heterocycles. The van der Waals surface area contributed by atoms with Crippen molar-refractivity contribution in [1.82, 2.24) is 14.9 Å². The van der Waals surface area contributed by atoms with E-state index in [9.17, 15) is 9.18 Å². The van der Waals surface area contributed by atoms with E-state index < -0.39 is 17.8 Å². The van der Waals surface area contributed by atoms with Crippen LogP contribution in [0.25, 0.3) is 0 Å². The van der Waals surface area contributed by atoms with Crippen LogP contribution in [0.5, 0.6) is 0 Å². The highest BCUT2D eigenvalue weighted by atomic mass is 19.1. The number of amides is 1. The number of nitrogens with one attached hydrogen (secondary N) is 2. The Kier molecular flexibility index (Phi) is 8.59. The van der Waals surface area contributed by atoms with Gasteiger partial charge in [0.25, 0.3) is 0 Å². The molecule has 9 heteroatoms. The first-order chi connectivity index (χ1) is 15.9. The number of hydrogen-bond acceptors (Lipinski definition) is 7. The average molecular weight is 456 g/mol. The number of hydrogen-bond donors (Lipinski definition) is 3. The van der Waals surface area contributed by atoms with E-state index in [-0.39, 0.29) is 18.2 Å². The molecule has 8 nitrogen and oxygen atoms in total. The molecule has 33 heavy (non-hydrogen) atoms. The number of primary amides is 1. The normalized spacial score (nSPS) is 15.6. The lowest BCUT2D eigenvalue weighted by Crippen LogP contribution is -2.44. The van der Waals surface area contributed by atoms with Crippen LogP contribution in [0.4, 0.5) is 27.5 Å². The molecule has 2 heterocycles. The van der Waals surface area contributed by atoms with Gasteiger partial charge in [-0.15, -0.1) is 0 Å². The molecular weight excluding hydrogens is 421 g/mol. The average Bonchev–Trinajstić information content (AvgIpc) is 2.77. The topological polar surface area (TPSA) is 99.4 Å². The lowest BCUT2D eigenvalue weighted by molar-refractivity contribution is -0.118. The van der Waals surface area contributed by atoms with Gasteiger partial charge in [-0.25, -0.2) is 9.37 Å². The molecule has 1 saturated heterocycles. The molecule has 1 aliphatic rings. The summed E-state index contributed by atoms with van der Waals surface area (Å²) >= 11 is 0. The fraction of sp³-hybridized carbons (Fsp3) is 0.458. The Morgan fingerprint density at radius 1 is 1.30 bits per heavy atom. The van der Waals surface area contributed by atoms with E-state index in [4.69, 9.17) is 5.73 Å². The lowest BCUT2D eigenvalue weighted by atomic mass is 10.1. The number of carbonyl (C=O) groups excluding carboxylic acids is 1. The summed E-state index contributed by atoms with van der Waals surface area (Å²) < 4.78 is 14.4. The zero-order valence-electron chi connectivity index (χ0n) is 19.6. The minimum absolute atomic E-state index is 0.0191.